The first-order valence-electron chi connectivity index (χ1n) is 5.18. The van der Waals surface area contributed by atoms with E-state index in [2.05, 4.69) is 26.2 Å². The van der Waals surface area contributed by atoms with Gasteiger partial charge in [0.05, 0.1) is 4.47 Å². The molecule has 0 aliphatic heterocycles. The molecule has 0 aliphatic carbocycles. The Morgan fingerprint density at radius 3 is 2.58 bits per heavy atom. The fourth-order valence-electron chi connectivity index (χ4n) is 1.36. The molecule has 2 rings (SSSR count). The highest BCUT2D eigenvalue weighted by molar-refractivity contribution is 9.10. The lowest BCUT2D eigenvalue weighted by Crippen LogP contribution is -2.01. The van der Waals surface area contributed by atoms with Crippen LogP contribution in [0.15, 0.2) is 28.7 Å². The molecule has 3 nitrogen and oxygen atoms in total. The van der Waals surface area contributed by atoms with Crippen molar-refractivity contribution in [1.82, 2.24) is 4.98 Å². The van der Waals surface area contributed by atoms with E-state index < -0.39 is 23.3 Å². The Hall–Kier alpha value is -1.76. The number of anilines is 1. The van der Waals surface area contributed by atoms with Gasteiger partial charge in [-0.15, -0.1) is 0 Å². The maximum atomic E-state index is 13.5. The second-order valence-electron chi connectivity index (χ2n) is 3.53. The molecule has 0 amide bonds. The number of aromatic nitrogens is 1. The Morgan fingerprint density at radius 2 is 1.89 bits per heavy atom. The van der Waals surface area contributed by atoms with Crippen LogP contribution in [0.1, 0.15) is 0 Å². The van der Waals surface area contributed by atoms with Crippen LogP contribution in [0.4, 0.5) is 19.0 Å². The molecule has 0 saturated heterocycles. The minimum absolute atomic E-state index is 0.0417. The minimum atomic E-state index is -0.979. The van der Waals surface area contributed by atoms with E-state index in [0.29, 0.717) is 10.5 Å². The van der Waals surface area contributed by atoms with Gasteiger partial charge in [-0.25, -0.2) is 13.2 Å². The van der Waals surface area contributed by atoms with Gasteiger partial charge in [0.2, 0.25) is 0 Å². The van der Waals surface area contributed by atoms with E-state index in [1.54, 1.807) is 0 Å². The normalized spacial score (nSPS) is 10.4. The topological polar surface area (TPSA) is 34.2 Å². The second-order valence-corrected chi connectivity index (χ2v) is 4.39. The molecule has 7 heteroatoms. The van der Waals surface area contributed by atoms with Crippen molar-refractivity contribution in [3.8, 4) is 11.6 Å². The summed E-state index contributed by atoms with van der Waals surface area (Å²) in [6.07, 6.45) is 0. The largest absolute Gasteiger partial charge is 0.435 e. The van der Waals surface area contributed by atoms with E-state index in [4.69, 9.17) is 4.74 Å². The van der Waals surface area contributed by atoms with Crippen LogP contribution in [0.3, 0.4) is 0 Å². The molecule has 1 N–H and O–H groups in total. The molecule has 100 valence electrons. The monoisotopic (exact) mass is 332 g/mol. The third kappa shape index (κ3) is 2.98. The quantitative estimate of drug-likeness (QED) is 0.918. The number of benzene rings is 1. The summed E-state index contributed by atoms with van der Waals surface area (Å²) in [6, 6.07) is 4.32. The SMILES string of the molecule is CNc1nc(Oc2cc(F)ccc2Br)c(F)cc1F. The summed E-state index contributed by atoms with van der Waals surface area (Å²) in [5.74, 6) is -2.94. The third-order valence-corrected chi connectivity index (χ3v) is 2.89. The van der Waals surface area contributed by atoms with Crippen LogP contribution in [0.5, 0.6) is 11.6 Å². The summed E-state index contributed by atoms with van der Waals surface area (Å²) >= 11 is 3.13. The number of halogens is 4. The highest BCUT2D eigenvalue weighted by Crippen LogP contribution is 2.31. The molecular formula is C12H8BrF3N2O. The average Bonchev–Trinajstić information content (AvgIpc) is 2.37. The third-order valence-electron chi connectivity index (χ3n) is 2.23. The lowest BCUT2D eigenvalue weighted by molar-refractivity contribution is 0.413. The Balaban J connectivity index is 2.40. The lowest BCUT2D eigenvalue weighted by atomic mass is 10.3. The number of nitrogens with one attached hydrogen (secondary N) is 1. The Labute approximate surface area is 115 Å². The van der Waals surface area contributed by atoms with Crippen molar-refractivity contribution in [3.63, 3.8) is 0 Å². The molecule has 2 aromatic rings. The van der Waals surface area contributed by atoms with Gasteiger partial charge in [0.1, 0.15) is 11.6 Å². The molecule has 1 aromatic carbocycles. The number of hydrogen-bond donors (Lipinski definition) is 1. The maximum absolute atomic E-state index is 13.5. The van der Waals surface area contributed by atoms with Crippen molar-refractivity contribution < 1.29 is 17.9 Å². The van der Waals surface area contributed by atoms with Crippen molar-refractivity contribution >= 4 is 21.7 Å². The van der Waals surface area contributed by atoms with E-state index in [1.165, 1.54) is 19.2 Å². The first-order valence-corrected chi connectivity index (χ1v) is 5.97. The van der Waals surface area contributed by atoms with Gasteiger partial charge in [-0.2, -0.15) is 4.98 Å². The first-order chi connectivity index (χ1) is 9.01. The van der Waals surface area contributed by atoms with Crippen LogP contribution in [-0.2, 0) is 0 Å². The van der Waals surface area contributed by atoms with E-state index >= 15 is 0 Å². The summed E-state index contributed by atoms with van der Waals surface area (Å²) in [6.45, 7) is 0. The van der Waals surface area contributed by atoms with E-state index in [-0.39, 0.29) is 11.6 Å². The van der Waals surface area contributed by atoms with E-state index in [0.717, 1.165) is 6.07 Å². The zero-order valence-corrected chi connectivity index (χ0v) is 11.3. The van der Waals surface area contributed by atoms with Gasteiger partial charge < -0.3 is 10.1 Å². The fourth-order valence-corrected chi connectivity index (χ4v) is 1.68. The van der Waals surface area contributed by atoms with E-state index in [9.17, 15) is 13.2 Å². The highest BCUT2D eigenvalue weighted by atomic mass is 79.9. The summed E-state index contributed by atoms with van der Waals surface area (Å²) in [5.41, 5.74) is 0. The summed E-state index contributed by atoms with van der Waals surface area (Å²) in [4.78, 5) is 3.63. The Morgan fingerprint density at radius 1 is 1.16 bits per heavy atom. The first kappa shape index (κ1) is 13.7. The number of pyridine rings is 1. The predicted molar refractivity (Wildman–Crippen MR) is 67.9 cm³/mol. The lowest BCUT2D eigenvalue weighted by Gasteiger charge is -2.09. The molecule has 19 heavy (non-hydrogen) atoms. The number of nitrogens with zero attached hydrogens (tertiary/aromatic N) is 1. The highest BCUT2D eigenvalue weighted by Gasteiger charge is 2.14. The predicted octanol–water partition coefficient (Wildman–Crippen LogP) is 4.10. The van der Waals surface area contributed by atoms with E-state index in [1.807, 2.05) is 0 Å². The van der Waals surface area contributed by atoms with Gasteiger partial charge >= 0.3 is 0 Å². The van der Waals surface area contributed by atoms with Crippen molar-refractivity contribution in [2.75, 3.05) is 12.4 Å². The molecule has 0 atom stereocenters. The zero-order chi connectivity index (χ0) is 14.0. The van der Waals surface area contributed by atoms with Crippen LogP contribution < -0.4 is 10.1 Å². The van der Waals surface area contributed by atoms with Crippen LogP contribution >= 0.6 is 15.9 Å². The van der Waals surface area contributed by atoms with Crippen LogP contribution in [0.25, 0.3) is 0 Å². The van der Waals surface area contributed by atoms with Gasteiger partial charge in [-0.3, -0.25) is 0 Å². The van der Waals surface area contributed by atoms with Gasteiger partial charge in [0.25, 0.3) is 5.88 Å². The van der Waals surface area contributed by atoms with Crippen molar-refractivity contribution in [1.29, 1.82) is 0 Å². The van der Waals surface area contributed by atoms with Crippen LogP contribution in [0, 0.1) is 17.5 Å². The second kappa shape index (κ2) is 5.48. The Bertz CT molecular complexity index is 622. The van der Waals surface area contributed by atoms with Gasteiger partial charge in [-0.1, -0.05) is 0 Å². The van der Waals surface area contributed by atoms with Crippen molar-refractivity contribution in [2.24, 2.45) is 0 Å². The molecule has 1 aromatic heterocycles. The standard InChI is InChI=1S/C12H8BrF3N2O/c1-17-11-8(15)5-9(16)12(18-11)19-10-4-6(14)2-3-7(10)13/h2-5H,1H3,(H,17,18). The summed E-state index contributed by atoms with van der Waals surface area (Å²) < 4.78 is 45.4. The average molecular weight is 333 g/mol. The Kier molecular flexibility index (Phi) is 3.94. The molecule has 0 radical (unpaired) electrons. The van der Waals surface area contributed by atoms with Crippen LogP contribution in [0.2, 0.25) is 0 Å². The fraction of sp³-hybridized carbons (Fsp3) is 0.0833. The minimum Gasteiger partial charge on any atom is -0.435 e. The molecule has 0 saturated carbocycles. The maximum Gasteiger partial charge on any atom is 0.258 e. The molecular weight excluding hydrogens is 325 g/mol. The molecule has 0 unspecified atom stereocenters. The summed E-state index contributed by atoms with van der Waals surface area (Å²) in [7, 11) is 1.44. The van der Waals surface area contributed by atoms with Crippen molar-refractivity contribution in [2.45, 2.75) is 0 Å². The number of rotatable bonds is 3. The molecule has 0 fully saturated rings. The molecule has 0 aliphatic rings. The summed E-state index contributed by atoms with van der Waals surface area (Å²) in [5, 5.41) is 2.46. The van der Waals surface area contributed by atoms with Crippen molar-refractivity contribution in [3.05, 3.63) is 46.2 Å². The smallest absolute Gasteiger partial charge is 0.258 e. The molecule has 1 heterocycles. The van der Waals surface area contributed by atoms with Gasteiger partial charge in [-0.05, 0) is 28.1 Å². The van der Waals surface area contributed by atoms with Crippen LogP contribution in [-0.4, -0.2) is 12.0 Å². The zero-order valence-electron chi connectivity index (χ0n) is 9.68. The number of hydrogen-bond acceptors (Lipinski definition) is 3. The molecule has 0 bridgehead atoms. The van der Waals surface area contributed by atoms with Gasteiger partial charge in [0.15, 0.2) is 17.5 Å². The van der Waals surface area contributed by atoms with Gasteiger partial charge in [0, 0.05) is 19.2 Å². The molecule has 0 spiro atoms. The number of ether oxygens (including phenoxy) is 1.